The van der Waals surface area contributed by atoms with Gasteiger partial charge in [-0.2, -0.15) is 0 Å². The number of benzene rings is 2. The first-order chi connectivity index (χ1) is 16.7. The Labute approximate surface area is 201 Å². The number of ether oxygens (including phenoxy) is 1. The fourth-order valence-electron chi connectivity index (χ4n) is 5.06. The molecule has 1 saturated heterocycles. The molecule has 0 N–H and O–H groups in total. The summed E-state index contributed by atoms with van der Waals surface area (Å²) >= 11 is 0. The molecular weight excluding hydrogens is 422 g/mol. The summed E-state index contributed by atoms with van der Waals surface area (Å²) in [5, 5.41) is 0.930. The van der Waals surface area contributed by atoms with Crippen molar-refractivity contribution in [2.75, 3.05) is 26.7 Å². The molecule has 1 fully saturated rings. The van der Waals surface area contributed by atoms with Crippen molar-refractivity contribution in [2.24, 2.45) is 0 Å². The van der Waals surface area contributed by atoms with Gasteiger partial charge in [-0.1, -0.05) is 42.8 Å². The van der Waals surface area contributed by atoms with E-state index in [1.807, 2.05) is 42.7 Å². The highest BCUT2D eigenvalue weighted by molar-refractivity contribution is 6.10. The summed E-state index contributed by atoms with van der Waals surface area (Å²) in [5.41, 5.74) is 5.84. The highest BCUT2D eigenvalue weighted by atomic mass is 16.5. The lowest BCUT2D eigenvalue weighted by molar-refractivity contribution is 0.0603. The first-order valence-corrected chi connectivity index (χ1v) is 12.2. The molecule has 174 valence electrons. The van der Waals surface area contributed by atoms with Crippen molar-refractivity contribution >= 4 is 16.9 Å². The van der Waals surface area contributed by atoms with Gasteiger partial charge < -0.3 is 14.2 Å². The van der Waals surface area contributed by atoms with E-state index in [1.54, 1.807) is 0 Å². The monoisotopic (exact) mass is 453 g/mol. The Morgan fingerprint density at radius 1 is 0.912 bits per heavy atom. The van der Waals surface area contributed by atoms with Crippen molar-refractivity contribution in [3.63, 3.8) is 0 Å². The van der Waals surface area contributed by atoms with Crippen molar-refractivity contribution < 1.29 is 9.53 Å². The molecule has 0 atom stereocenters. The quantitative estimate of drug-likeness (QED) is 0.321. The number of pyridine rings is 1. The zero-order chi connectivity index (χ0) is 23.3. The van der Waals surface area contributed by atoms with Gasteiger partial charge >= 0.3 is 5.97 Å². The van der Waals surface area contributed by atoms with E-state index in [0.29, 0.717) is 5.56 Å². The molecule has 0 saturated carbocycles. The van der Waals surface area contributed by atoms with Crippen LogP contribution < -0.4 is 0 Å². The number of methoxy groups -OCH3 is 1. The first kappa shape index (κ1) is 22.4. The molecule has 34 heavy (non-hydrogen) atoms. The number of fused-ring (bicyclic) bond motifs is 1. The Balaban J connectivity index is 1.53. The standard InChI is InChI=1S/C29H31N3O2/c1-34-29(33)25-12-8-13-27-28(25)26(21-32(27)17-9-16-31-14-6-3-7-15-31)24-18-23(19-30-20-24)22-10-4-2-5-11-22/h2,4-5,8,10-13,18-21H,3,6-7,9,14-17H2,1H3. The summed E-state index contributed by atoms with van der Waals surface area (Å²) < 4.78 is 7.42. The molecule has 2 aromatic carbocycles. The molecule has 5 rings (SSSR count). The zero-order valence-corrected chi connectivity index (χ0v) is 19.7. The lowest BCUT2D eigenvalue weighted by atomic mass is 9.99. The highest BCUT2D eigenvalue weighted by Crippen LogP contribution is 2.35. The average Bonchev–Trinajstić information content (AvgIpc) is 3.28. The molecule has 5 nitrogen and oxygen atoms in total. The number of hydrogen-bond acceptors (Lipinski definition) is 4. The van der Waals surface area contributed by atoms with E-state index in [2.05, 4.69) is 44.9 Å². The van der Waals surface area contributed by atoms with Crippen LogP contribution in [0.15, 0.2) is 73.2 Å². The number of hydrogen-bond donors (Lipinski definition) is 0. The number of aryl methyl sites for hydroxylation is 1. The molecule has 0 bridgehead atoms. The Morgan fingerprint density at radius 2 is 1.71 bits per heavy atom. The van der Waals surface area contributed by atoms with Crippen molar-refractivity contribution in [1.29, 1.82) is 0 Å². The number of carbonyl (C=O) groups is 1. The Kier molecular flexibility index (Phi) is 6.72. The predicted molar refractivity (Wildman–Crippen MR) is 137 cm³/mol. The van der Waals surface area contributed by atoms with Crippen LogP contribution in [0.1, 0.15) is 36.0 Å². The maximum atomic E-state index is 12.7. The number of piperidine rings is 1. The Morgan fingerprint density at radius 3 is 2.50 bits per heavy atom. The van der Waals surface area contributed by atoms with Crippen LogP contribution in [-0.2, 0) is 11.3 Å². The minimum Gasteiger partial charge on any atom is -0.465 e. The maximum Gasteiger partial charge on any atom is 0.338 e. The van der Waals surface area contributed by atoms with Gasteiger partial charge in [0, 0.05) is 52.7 Å². The van der Waals surface area contributed by atoms with E-state index in [9.17, 15) is 4.79 Å². The van der Waals surface area contributed by atoms with Gasteiger partial charge in [0.1, 0.15) is 0 Å². The topological polar surface area (TPSA) is 47.4 Å². The van der Waals surface area contributed by atoms with Gasteiger partial charge in [0.2, 0.25) is 0 Å². The van der Waals surface area contributed by atoms with Gasteiger partial charge in [-0.25, -0.2) is 4.79 Å². The van der Waals surface area contributed by atoms with E-state index in [1.165, 1.54) is 39.5 Å². The number of esters is 1. The van der Waals surface area contributed by atoms with Gasteiger partial charge in [-0.3, -0.25) is 4.98 Å². The molecule has 1 aliphatic heterocycles. The van der Waals surface area contributed by atoms with Crippen molar-refractivity contribution in [3.8, 4) is 22.3 Å². The zero-order valence-electron chi connectivity index (χ0n) is 19.7. The van der Waals surface area contributed by atoms with Crippen LogP contribution in [0, 0.1) is 0 Å². The minimum atomic E-state index is -0.315. The molecule has 0 unspecified atom stereocenters. The largest absolute Gasteiger partial charge is 0.465 e. The van der Waals surface area contributed by atoms with E-state index in [-0.39, 0.29) is 5.97 Å². The third kappa shape index (κ3) is 4.62. The summed E-state index contributed by atoms with van der Waals surface area (Å²) in [6.45, 7) is 4.43. The molecule has 0 amide bonds. The van der Waals surface area contributed by atoms with E-state index < -0.39 is 0 Å². The summed E-state index contributed by atoms with van der Waals surface area (Å²) in [6.07, 6.45) is 11.0. The van der Waals surface area contributed by atoms with Crippen molar-refractivity contribution in [2.45, 2.75) is 32.2 Å². The third-order valence-electron chi connectivity index (χ3n) is 6.79. The van der Waals surface area contributed by atoms with Gasteiger partial charge in [-0.15, -0.1) is 0 Å². The highest BCUT2D eigenvalue weighted by Gasteiger charge is 2.19. The molecule has 0 spiro atoms. The summed E-state index contributed by atoms with van der Waals surface area (Å²) in [5.74, 6) is -0.315. The molecule has 0 aliphatic carbocycles. The van der Waals surface area contributed by atoms with Gasteiger partial charge in [0.15, 0.2) is 0 Å². The molecule has 4 aromatic rings. The lowest BCUT2D eigenvalue weighted by Crippen LogP contribution is -2.31. The molecule has 3 heterocycles. The predicted octanol–water partition coefficient (Wildman–Crippen LogP) is 6.03. The average molecular weight is 454 g/mol. The fourth-order valence-corrected chi connectivity index (χ4v) is 5.06. The van der Waals surface area contributed by atoms with Crippen LogP contribution in [0.2, 0.25) is 0 Å². The molecule has 0 radical (unpaired) electrons. The first-order valence-electron chi connectivity index (χ1n) is 12.2. The lowest BCUT2D eigenvalue weighted by Gasteiger charge is -2.26. The van der Waals surface area contributed by atoms with Gasteiger partial charge in [0.05, 0.1) is 12.7 Å². The van der Waals surface area contributed by atoms with Crippen molar-refractivity contribution in [3.05, 3.63) is 78.8 Å². The number of rotatable bonds is 7. The summed E-state index contributed by atoms with van der Waals surface area (Å²) in [7, 11) is 1.44. The Bertz CT molecular complexity index is 1270. The van der Waals surface area contributed by atoms with Crippen LogP contribution in [0.4, 0.5) is 0 Å². The normalized spacial score (nSPS) is 14.4. The van der Waals surface area contributed by atoms with Crippen LogP contribution in [0.25, 0.3) is 33.2 Å². The summed E-state index contributed by atoms with van der Waals surface area (Å²) in [6, 6.07) is 18.3. The van der Waals surface area contributed by atoms with E-state index in [4.69, 9.17) is 4.74 Å². The number of likely N-dealkylation sites (tertiary alicyclic amines) is 1. The van der Waals surface area contributed by atoms with Crippen molar-refractivity contribution in [1.82, 2.24) is 14.5 Å². The summed E-state index contributed by atoms with van der Waals surface area (Å²) in [4.78, 5) is 19.8. The smallest absolute Gasteiger partial charge is 0.338 e. The van der Waals surface area contributed by atoms with Crippen LogP contribution in [0.5, 0.6) is 0 Å². The number of nitrogens with zero attached hydrogens (tertiary/aromatic N) is 3. The molecular formula is C29H31N3O2. The third-order valence-corrected chi connectivity index (χ3v) is 6.79. The minimum absolute atomic E-state index is 0.315. The molecule has 2 aromatic heterocycles. The second-order valence-corrected chi connectivity index (χ2v) is 9.01. The van der Waals surface area contributed by atoms with Gasteiger partial charge in [-0.05, 0) is 62.7 Å². The second-order valence-electron chi connectivity index (χ2n) is 9.01. The van der Waals surface area contributed by atoms with E-state index >= 15 is 0 Å². The maximum absolute atomic E-state index is 12.7. The second kappa shape index (κ2) is 10.2. The fraction of sp³-hybridized carbons (Fsp3) is 0.310. The SMILES string of the molecule is COC(=O)c1cccc2c1c(-c1cncc(-c3ccccc3)c1)cn2CCCN1CCCCC1. The van der Waals surface area contributed by atoms with Gasteiger partial charge in [0.25, 0.3) is 0 Å². The van der Waals surface area contributed by atoms with Crippen LogP contribution in [-0.4, -0.2) is 47.2 Å². The Hall–Kier alpha value is -3.44. The van der Waals surface area contributed by atoms with E-state index in [0.717, 1.165) is 52.7 Å². The number of carbonyl (C=O) groups excluding carboxylic acids is 1. The van der Waals surface area contributed by atoms with Crippen LogP contribution in [0.3, 0.4) is 0 Å². The molecule has 1 aliphatic rings. The van der Waals surface area contributed by atoms with Crippen LogP contribution >= 0.6 is 0 Å². The molecule has 5 heteroatoms. The number of aromatic nitrogens is 2.